The summed E-state index contributed by atoms with van der Waals surface area (Å²) in [7, 11) is -2.63. The van der Waals surface area contributed by atoms with E-state index in [4.69, 9.17) is 37.9 Å². The summed E-state index contributed by atoms with van der Waals surface area (Å²) in [4.78, 5) is 2.76. The van der Waals surface area contributed by atoms with Crippen LogP contribution in [0.1, 0.15) is 380 Å². The van der Waals surface area contributed by atoms with Crippen molar-refractivity contribution in [2.45, 2.75) is 386 Å². The van der Waals surface area contributed by atoms with E-state index in [1.54, 1.807) is 0 Å². The summed E-state index contributed by atoms with van der Waals surface area (Å²) < 4.78 is 28.2. The van der Waals surface area contributed by atoms with Crippen LogP contribution in [0.2, 0.25) is 0 Å². The van der Waals surface area contributed by atoms with E-state index in [-0.39, 0.29) is 32.5 Å². The zero-order valence-corrected chi connectivity index (χ0v) is 72.1. The molecule has 0 bridgehead atoms. The first-order chi connectivity index (χ1) is 46.4. The lowest BCUT2D eigenvalue weighted by Crippen LogP contribution is -2.42. The number of aryl methyl sites for hydroxylation is 6. The summed E-state index contributed by atoms with van der Waals surface area (Å²) in [6.07, 6.45) is 22.0. The largest absolute Gasteiger partial charge is 0.336 e. The molecule has 0 radical (unpaired) electrons. The second-order valence-corrected chi connectivity index (χ2v) is 39.2. The predicted octanol–water partition coefficient (Wildman–Crippen LogP) is 29.8. The molecule has 0 saturated heterocycles. The van der Waals surface area contributed by atoms with Crippen molar-refractivity contribution in [3.05, 3.63) is 191 Å². The van der Waals surface area contributed by atoms with Gasteiger partial charge >= 0.3 is 8.60 Å². The molecule has 7 heteroatoms. The van der Waals surface area contributed by atoms with Gasteiger partial charge in [-0.1, -0.05) is 331 Å². The van der Waals surface area contributed by atoms with Crippen molar-refractivity contribution < 1.29 is 13.6 Å². The highest BCUT2D eigenvalue weighted by atomic mass is 32.1. The number of thiol groups is 3. The Morgan fingerprint density at radius 1 is 0.250 bits per heavy atom. The maximum atomic E-state index is 9.38. The lowest BCUT2D eigenvalue weighted by atomic mass is 9.69. The third-order valence-corrected chi connectivity index (χ3v) is 23.5. The van der Waals surface area contributed by atoms with E-state index in [0.29, 0.717) is 19.3 Å². The Bertz CT molecular complexity index is 3270. The molecule has 554 valence electrons. The smallest absolute Gasteiger partial charge is 0.296 e. The summed E-state index contributed by atoms with van der Waals surface area (Å²) in [5.41, 5.74) is 15.6. The molecule has 100 heavy (non-hydrogen) atoms. The Hall–Kier alpha value is -3.32. The lowest BCUT2D eigenvalue weighted by molar-refractivity contribution is -0.0298. The molecule has 0 N–H and O–H groups in total. The predicted molar refractivity (Wildman–Crippen MR) is 448 cm³/mol. The highest BCUT2D eigenvalue weighted by Gasteiger charge is 2.55. The SMILES string of the molecule is CCCCCCCCC(OP(OC(CCCCCCCC)(c1ccc(C)cc1C(C)(C)C)c1c(S)cc(C)cc1C(C)(C)C)OC(CCCCCCCC)(c1ccc(C)cc1C(C)(C)C)c1c(S)cc(C)cc1C(C)(C)C)(c1ccc(C)cc1C(C)(C)C)c1c(S)cc(C)cc1C(C)(C)C. The average molecular weight is 1430 g/mol. The molecule has 0 fully saturated rings. The molecule has 0 aliphatic heterocycles. The first-order valence-corrected chi connectivity index (χ1v) is 41.6. The van der Waals surface area contributed by atoms with Crippen LogP contribution in [0.5, 0.6) is 0 Å². The number of rotatable bonds is 33. The van der Waals surface area contributed by atoms with Gasteiger partial charge in [-0.25, -0.2) is 0 Å². The normalized spacial score (nSPS) is 15.1. The average Bonchev–Trinajstić information content (AvgIpc) is 0.719. The van der Waals surface area contributed by atoms with Gasteiger partial charge in [0.25, 0.3) is 0 Å². The van der Waals surface area contributed by atoms with Gasteiger partial charge in [0.1, 0.15) is 16.8 Å². The fourth-order valence-corrected chi connectivity index (χ4v) is 19.0. The van der Waals surface area contributed by atoms with E-state index in [1.165, 1.54) is 125 Å². The van der Waals surface area contributed by atoms with Crippen molar-refractivity contribution in [3.63, 3.8) is 0 Å². The molecule has 0 aromatic heterocycles. The highest BCUT2D eigenvalue weighted by Crippen LogP contribution is 2.67. The van der Waals surface area contributed by atoms with Gasteiger partial charge in [-0.3, -0.25) is 13.6 Å². The van der Waals surface area contributed by atoms with E-state index in [0.717, 1.165) is 106 Å². The van der Waals surface area contributed by atoms with Crippen LogP contribution in [-0.4, -0.2) is 0 Å². The topological polar surface area (TPSA) is 27.7 Å². The monoisotopic (exact) mass is 1430 g/mol. The second kappa shape index (κ2) is 35.4. The van der Waals surface area contributed by atoms with Crippen LogP contribution < -0.4 is 0 Å². The van der Waals surface area contributed by atoms with Crippen molar-refractivity contribution >= 4 is 46.5 Å². The molecular formula is C93H141O3PS3. The third kappa shape index (κ3) is 21.3. The fourth-order valence-electron chi connectivity index (χ4n) is 15.7. The molecule has 3 nitrogen and oxygen atoms in total. The van der Waals surface area contributed by atoms with Crippen molar-refractivity contribution in [1.82, 2.24) is 0 Å². The van der Waals surface area contributed by atoms with E-state index < -0.39 is 25.4 Å². The van der Waals surface area contributed by atoms with Crippen LogP contribution in [0.3, 0.4) is 0 Å². The van der Waals surface area contributed by atoms with Crippen molar-refractivity contribution in [1.29, 1.82) is 0 Å². The van der Waals surface area contributed by atoms with Gasteiger partial charge in [0.2, 0.25) is 0 Å². The molecule has 6 aromatic rings. The van der Waals surface area contributed by atoms with E-state index in [2.05, 4.69) is 278 Å². The summed E-state index contributed by atoms with van der Waals surface area (Å²) in [6.45, 7) is 63.5. The van der Waals surface area contributed by atoms with Gasteiger partial charge < -0.3 is 0 Å². The second-order valence-electron chi connectivity index (χ2n) is 36.8. The van der Waals surface area contributed by atoms with Crippen molar-refractivity contribution in [2.75, 3.05) is 0 Å². The lowest BCUT2D eigenvalue weighted by Gasteiger charge is -2.49. The number of unbranched alkanes of at least 4 members (excludes halogenated alkanes) is 15. The van der Waals surface area contributed by atoms with E-state index in [1.807, 2.05) is 0 Å². The Morgan fingerprint density at radius 2 is 0.450 bits per heavy atom. The first kappa shape index (κ1) is 85.6. The minimum Gasteiger partial charge on any atom is -0.296 e. The van der Waals surface area contributed by atoms with Crippen LogP contribution in [0.4, 0.5) is 0 Å². The molecule has 0 saturated carbocycles. The maximum Gasteiger partial charge on any atom is 0.336 e. The van der Waals surface area contributed by atoms with E-state index >= 15 is 0 Å². The molecule has 3 unspecified atom stereocenters. The summed E-state index contributed by atoms with van der Waals surface area (Å²) in [5.74, 6) is 0. The molecule has 3 atom stereocenters. The van der Waals surface area contributed by atoms with Crippen LogP contribution in [0.25, 0.3) is 0 Å². The van der Waals surface area contributed by atoms with Gasteiger partial charge in [-0.15, -0.1) is 37.9 Å². The minimum atomic E-state index is -2.63. The van der Waals surface area contributed by atoms with Crippen LogP contribution in [0.15, 0.2) is 106 Å². The standard InChI is InChI=1S/C93H141O3PS3/c1-28-31-34-37-40-43-52-91(70-49-46-64(4)55-73(70)85(10,11)12,82-76(88(19,20)21)58-67(7)61-79(82)98)94-97(95-92(53-44-41-38-35-32-29-2,71-50-47-65(5)56-74(71)86(13,14)15)83-77(89(22,23)24)59-68(8)62-80(83)99)96-93(54-45-42-39-36-33-30-3,72-51-48-66(6)57-75(72)87(16,17)18)84-78(90(25,26)27)60-69(9)63-81(84)100/h46-51,55-63,98-100H,28-45,52-54H2,1-27H3. The zero-order chi connectivity index (χ0) is 74.8. The molecule has 6 rings (SSSR count). The molecular weight excluding hydrogens is 1290 g/mol. The quantitative estimate of drug-likeness (QED) is 0.0218. The van der Waals surface area contributed by atoms with Crippen molar-refractivity contribution in [3.8, 4) is 0 Å². The first-order valence-electron chi connectivity index (χ1n) is 39.2. The Balaban J connectivity index is 2.10. The van der Waals surface area contributed by atoms with Gasteiger partial charge in [0.05, 0.1) is 0 Å². The minimum absolute atomic E-state index is 0.324. The summed E-state index contributed by atoms with van der Waals surface area (Å²) >= 11 is 17.7. The number of hydrogen-bond donors (Lipinski definition) is 3. The Morgan fingerprint density at radius 3 is 0.660 bits per heavy atom. The fraction of sp³-hybridized carbons (Fsp3) is 0.613. The van der Waals surface area contributed by atoms with Crippen LogP contribution in [-0.2, 0) is 62.9 Å². The van der Waals surface area contributed by atoms with Gasteiger partial charge in [0.15, 0.2) is 0 Å². The van der Waals surface area contributed by atoms with Gasteiger partial charge in [0, 0.05) is 31.4 Å². The summed E-state index contributed by atoms with van der Waals surface area (Å²) in [5, 5.41) is 0. The van der Waals surface area contributed by atoms with Gasteiger partial charge in [-0.2, -0.15) is 0 Å². The molecule has 0 aliphatic rings. The molecule has 0 heterocycles. The van der Waals surface area contributed by atoms with Crippen LogP contribution >= 0.6 is 46.5 Å². The number of hydrogen-bond acceptors (Lipinski definition) is 6. The summed E-state index contributed by atoms with van der Waals surface area (Å²) in [6, 6.07) is 36.0. The maximum absolute atomic E-state index is 9.38. The highest BCUT2D eigenvalue weighted by molar-refractivity contribution is 7.80. The van der Waals surface area contributed by atoms with Crippen LogP contribution in [0, 0.1) is 41.5 Å². The van der Waals surface area contributed by atoms with Gasteiger partial charge in [-0.05, 0) is 198 Å². The Labute approximate surface area is 632 Å². The third-order valence-electron chi connectivity index (χ3n) is 21.0. The zero-order valence-electron chi connectivity index (χ0n) is 68.5. The van der Waals surface area contributed by atoms with Crippen molar-refractivity contribution in [2.24, 2.45) is 0 Å². The number of benzene rings is 6. The molecule has 6 aromatic carbocycles. The Kier molecular flexibility index (Phi) is 30.3. The molecule has 0 spiro atoms. The molecule has 0 amide bonds. The van der Waals surface area contributed by atoms with E-state index in [9.17, 15) is 13.6 Å². The molecule has 0 aliphatic carbocycles.